The fourth-order valence-electron chi connectivity index (χ4n) is 5.04. The zero-order chi connectivity index (χ0) is 26.1. The second kappa shape index (κ2) is 11.0. The largest absolute Gasteiger partial charge is 0.459 e. The minimum Gasteiger partial charge on any atom is -0.459 e. The van der Waals surface area contributed by atoms with E-state index in [1.807, 2.05) is 12.1 Å². The van der Waals surface area contributed by atoms with Gasteiger partial charge in [-0.25, -0.2) is 0 Å². The molecule has 1 unspecified atom stereocenters. The number of aliphatic hydroxyl groups excluding tert-OH is 2. The number of rotatable bonds is 6. The maximum Gasteiger partial charge on any atom is 0.294 e. The number of H-pyrrole nitrogens is 1. The molecule has 9 heteroatoms. The Labute approximate surface area is 225 Å². The van der Waals surface area contributed by atoms with Crippen LogP contribution < -0.4 is 10.1 Å². The molecule has 0 aliphatic carbocycles. The second-order valence-electron chi connectivity index (χ2n) is 9.75. The number of ether oxygens (including phenoxy) is 3. The summed E-state index contributed by atoms with van der Waals surface area (Å²) in [5.74, 6) is 0. The van der Waals surface area contributed by atoms with Crippen molar-refractivity contribution in [2.24, 2.45) is 0 Å². The second-order valence-corrected chi connectivity index (χ2v) is 10.2. The average molecular weight is 536 g/mol. The van der Waals surface area contributed by atoms with Crippen LogP contribution in [0.1, 0.15) is 18.1 Å². The number of fused-ring (bicyclic) bond motifs is 1. The lowest BCUT2D eigenvalue weighted by Crippen LogP contribution is -2.45. The van der Waals surface area contributed by atoms with E-state index in [4.69, 9.17) is 25.8 Å². The maximum absolute atomic E-state index is 10.1. The van der Waals surface area contributed by atoms with Crippen LogP contribution in [-0.4, -0.2) is 71.4 Å². The zero-order valence-electron chi connectivity index (χ0n) is 20.8. The SMILES string of the molecule is OC[C@H]1OC[C@H](Oc2nc3cc(-c4ccc(-c5ccc(C6CNCCO6)cc5)cc4)c(Cl)cc3[nH]2)C[C@@H]1O. The van der Waals surface area contributed by atoms with E-state index < -0.39 is 12.2 Å². The number of aliphatic hydroxyl groups is 2. The Hall–Kier alpha value is -2.98. The number of nitrogens with one attached hydrogen (secondary N) is 2. The minimum atomic E-state index is -0.784. The molecule has 38 heavy (non-hydrogen) atoms. The molecular weight excluding hydrogens is 506 g/mol. The molecule has 0 radical (unpaired) electrons. The van der Waals surface area contributed by atoms with Crippen LogP contribution in [-0.2, 0) is 9.47 Å². The van der Waals surface area contributed by atoms with E-state index in [1.54, 1.807) is 0 Å². The van der Waals surface area contributed by atoms with Crippen molar-refractivity contribution in [2.45, 2.75) is 30.8 Å². The van der Waals surface area contributed by atoms with Crippen molar-refractivity contribution < 1.29 is 24.4 Å². The lowest BCUT2D eigenvalue weighted by atomic mass is 9.98. The minimum absolute atomic E-state index is 0.103. The number of halogens is 1. The van der Waals surface area contributed by atoms with Gasteiger partial charge >= 0.3 is 0 Å². The predicted octanol–water partition coefficient (Wildman–Crippen LogP) is 4.10. The molecule has 2 fully saturated rings. The molecule has 2 saturated heterocycles. The van der Waals surface area contributed by atoms with E-state index in [-0.39, 0.29) is 25.4 Å². The van der Waals surface area contributed by atoms with Crippen LogP contribution in [0.4, 0.5) is 0 Å². The molecule has 3 heterocycles. The Morgan fingerprint density at radius 1 is 1.00 bits per heavy atom. The summed E-state index contributed by atoms with van der Waals surface area (Å²) < 4.78 is 17.2. The first-order valence-electron chi connectivity index (χ1n) is 12.9. The normalized spacial score (nSPS) is 24.0. The Morgan fingerprint density at radius 3 is 2.42 bits per heavy atom. The quantitative estimate of drug-likeness (QED) is 0.294. The van der Waals surface area contributed by atoms with Crippen molar-refractivity contribution in [3.8, 4) is 28.3 Å². The molecular formula is C29H30ClN3O5. The fraction of sp³-hybridized carbons (Fsp3) is 0.345. The summed E-state index contributed by atoms with van der Waals surface area (Å²) in [4.78, 5) is 7.72. The lowest BCUT2D eigenvalue weighted by molar-refractivity contribution is -0.131. The highest BCUT2D eigenvalue weighted by Gasteiger charge is 2.31. The number of benzene rings is 3. The molecule has 8 nitrogen and oxygen atoms in total. The molecule has 1 aromatic heterocycles. The molecule has 0 spiro atoms. The number of imidazole rings is 1. The van der Waals surface area contributed by atoms with Gasteiger partial charge in [-0.1, -0.05) is 60.1 Å². The summed E-state index contributed by atoms with van der Waals surface area (Å²) in [6.07, 6.45) is -1.27. The third-order valence-electron chi connectivity index (χ3n) is 7.18. The number of aromatic amines is 1. The molecule has 0 saturated carbocycles. The molecule has 6 rings (SSSR count). The smallest absolute Gasteiger partial charge is 0.294 e. The van der Waals surface area contributed by atoms with Gasteiger partial charge in [0.2, 0.25) is 0 Å². The average Bonchev–Trinajstić information content (AvgIpc) is 3.34. The van der Waals surface area contributed by atoms with Crippen molar-refractivity contribution in [1.29, 1.82) is 0 Å². The third-order valence-corrected chi connectivity index (χ3v) is 7.49. The van der Waals surface area contributed by atoms with Crippen LogP contribution in [0.15, 0.2) is 60.7 Å². The lowest BCUT2D eigenvalue weighted by Gasteiger charge is -2.31. The first-order valence-corrected chi connectivity index (χ1v) is 13.2. The van der Waals surface area contributed by atoms with Gasteiger partial charge in [-0.2, -0.15) is 4.98 Å². The number of nitrogens with zero attached hydrogens (tertiary/aromatic N) is 1. The van der Waals surface area contributed by atoms with Gasteiger partial charge in [0, 0.05) is 25.1 Å². The first-order chi connectivity index (χ1) is 18.6. The Kier molecular flexibility index (Phi) is 7.34. The predicted molar refractivity (Wildman–Crippen MR) is 145 cm³/mol. The van der Waals surface area contributed by atoms with Crippen molar-refractivity contribution >= 4 is 22.6 Å². The van der Waals surface area contributed by atoms with E-state index in [0.29, 0.717) is 17.5 Å². The highest BCUT2D eigenvalue weighted by Crippen LogP contribution is 2.34. The monoisotopic (exact) mass is 535 g/mol. The van der Waals surface area contributed by atoms with E-state index in [9.17, 15) is 10.2 Å². The van der Waals surface area contributed by atoms with Crippen LogP contribution in [0.2, 0.25) is 5.02 Å². The fourth-order valence-corrected chi connectivity index (χ4v) is 5.31. The summed E-state index contributed by atoms with van der Waals surface area (Å²) in [5.41, 5.74) is 6.79. The van der Waals surface area contributed by atoms with Crippen molar-refractivity contribution in [3.05, 3.63) is 71.2 Å². The first kappa shape index (κ1) is 25.3. The van der Waals surface area contributed by atoms with Gasteiger partial charge in [-0.3, -0.25) is 0 Å². The van der Waals surface area contributed by atoms with E-state index in [0.717, 1.165) is 53.0 Å². The van der Waals surface area contributed by atoms with Gasteiger partial charge in [0.25, 0.3) is 6.01 Å². The molecule has 0 bridgehead atoms. The van der Waals surface area contributed by atoms with Gasteiger partial charge in [-0.05, 0) is 34.4 Å². The van der Waals surface area contributed by atoms with E-state index in [2.05, 4.69) is 63.8 Å². The van der Waals surface area contributed by atoms with Gasteiger partial charge in [0.05, 0.1) is 48.1 Å². The van der Waals surface area contributed by atoms with Crippen LogP contribution in [0.25, 0.3) is 33.3 Å². The number of hydrogen-bond acceptors (Lipinski definition) is 7. The molecule has 4 N–H and O–H groups in total. The molecule has 4 atom stereocenters. The van der Waals surface area contributed by atoms with Crippen molar-refractivity contribution in [2.75, 3.05) is 32.9 Å². The third kappa shape index (κ3) is 5.29. The standard InChI is InChI=1S/C29H30ClN3O5/c30-23-13-25-24(32-29(33-25)38-21-11-26(35)28(15-34)37-16-21)12-22(23)19-5-1-17(2-6-19)18-3-7-20(8-4-18)27-14-31-9-10-36-27/h1-8,12-13,21,26-28,31,34-35H,9-11,14-16H2,(H,32,33)/t21-,26+,27?,28-/m1/s1. The van der Waals surface area contributed by atoms with Crippen molar-refractivity contribution in [3.63, 3.8) is 0 Å². The van der Waals surface area contributed by atoms with Gasteiger partial charge in [-0.15, -0.1) is 0 Å². The number of hydrogen-bond donors (Lipinski definition) is 4. The number of morpholine rings is 1. The molecule has 2 aliphatic heterocycles. The van der Waals surface area contributed by atoms with Gasteiger partial charge in [0.15, 0.2) is 0 Å². The topological polar surface area (TPSA) is 109 Å². The summed E-state index contributed by atoms with van der Waals surface area (Å²) in [6.45, 7) is 2.53. The van der Waals surface area contributed by atoms with Crippen molar-refractivity contribution in [1.82, 2.24) is 15.3 Å². The highest BCUT2D eigenvalue weighted by molar-refractivity contribution is 6.34. The molecule has 2 aliphatic rings. The van der Waals surface area contributed by atoms with Crippen LogP contribution >= 0.6 is 11.6 Å². The molecule has 0 amide bonds. The summed E-state index contributed by atoms with van der Waals surface area (Å²) in [5, 5.41) is 23.3. The van der Waals surface area contributed by atoms with Gasteiger partial charge < -0.3 is 34.7 Å². The van der Waals surface area contributed by atoms with Crippen LogP contribution in [0, 0.1) is 0 Å². The van der Waals surface area contributed by atoms with E-state index >= 15 is 0 Å². The zero-order valence-corrected chi connectivity index (χ0v) is 21.5. The van der Waals surface area contributed by atoms with Gasteiger partial charge in [0.1, 0.15) is 12.2 Å². The molecule has 3 aromatic carbocycles. The summed E-state index contributed by atoms with van der Waals surface area (Å²) in [6, 6.07) is 21.0. The molecule has 4 aromatic rings. The highest BCUT2D eigenvalue weighted by atomic mass is 35.5. The summed E-state index contributed by atoms with van der Waals surface area (Å²) >= 11 is 6.66. The summed E-state index contributed by atoms with van der Waals surface area (Å²) in [7, 11) is 0. The van der Waals surface area contributed by atoms with Crippen LogP contribution in [0.5, 0.6) is 6.01 Å². The van der Waals surface area contributed by atoms with E-state index in [1.165, 1.54) is 5.56 Å². The number of aromatic nitrogens is 2. The maximum atomic E-state index is 10.1. The Bertz CT molecular complexity index is 1390. The Balaban J connectivity index is 1.17. The molecule has 198 valence electrons. The Morgan fingerprint density at radius 2 is 1.74 bits per heavy atom. The van der Waals surface area contributed by atoms with Crippen LogP contribution in [0.3, 0.4) is 0 Å².